The number of methoxy groups -OCH3 is 1. The van der Waals surface area contributed by atoms with Crippen LogP contribution in [0.15, 0.2) is 48.1 Å². The van der Waals surface area contributed by atoms with Crippen LogP contribution in [0.3, 0.4) is 0 Å². The number of nitrogens with zero attached hydrogens (tertiary/aromatic N) is 2. The number of hydrogen-bond acceptors (Lipinski definition) is 8. The number of pyridine rings is 1. The first-order chi connectivity index (χ1) is 19.3. The third-order valence-electron chi connectivity index (χ3n) is 7.83. The molecule has 214 valence electrons. The first-order valence-corrected chi connectivity index (χ1v) is 15.1. The predicted octanol–water partition coefficient (Wildman–Crippen LogP) is 4.47. The summed E-state index contributed by atoms with van der Waals surface area (Å²) in [5.41, 5.74) is 4.11. The van der Waals surface area contributed by atoms with Crippen molar-refractivity contribution < 1.29 is 19.4 Å². The van der Waals surface area contributed by atoms with Crippen LogP contribution in [-0.2, 0) is 22.4 Å². The third kappa shape index (κ3) is 6.89. The van der Waals surface area contributed by atoms with Gasteiger partial charge in [-0.25, -0.2) is 9.97 Å². The molecule has 3 atom stereocenters. The van der Waals surface area contributed by atoms with Gasteiger partial charge in [-0.05, 0) is 61.3 Å². The van der Waals surface area contributed by atoms with Crippen molar-refractivity contribution in [1.82, 2.24) is 20.6 Å². The summed E-state index contributed by atoms with van der Waals surface area (Å²) in [6.07, 6.45) is 8.38. The van der Waals surface area contributed by atoms with Gasteiger partial charge in [-0.15, -0.1) is 11.3 Å². The minimum Gasteiger partial charge on any atom is -0.471 e. The lowest BCUT2D eigenvalue weighted by atomic mass is 9.73. The van der Waals surface area contributed by atoms with Crippen molar-refractivity contribution in [2.75, 3.05) is 20.3 Å². The zero-order valence-electron chi connectivity index (χ0n) is 23.6. The van der Waals surface area contributed by atoms with Gasteiger partial charge in [0.15, 0.2) is 0 Å². The molecule has 2 aliphatic rings. The second kappa shape index (κ2) is 12.8. The highest BCUT2D eigenvalue weighted by atomic mass is 32.1. The fraction of sp³-hybridized carbons (Fsp3) is 0.516. The van der Waals surface area contributed by atoms with Gasteiger partial charge in [-0.2, -0.15) is 0 Å². The lowest BCUT2D eigenvalue weighted by Gasteiger charge is -2.47. The van der Waals surface area contributed by atoms with Crippen molar-refractivity contribution in [3.05, 3.63) is 64.8 Å². The number of amides is 1. The highest BCUT2D eigenvalue weighted by Crippen LogP contribution is 2.48. The maximum absolute atomic E-state index is 12.5. The third-order valence-corrected chi connectivity index (χ3v) is 8.65. The SMILES string of the molecule is COCC(=O)NC(Cc1cccc(-c2nccs2)c1)[C@H](O)CN[C@H]1CC2(CCC2)Oc2ncc(CC(C)C)cc21. The van der Waals surface area contributed by atoms with E-state index >= 15 is 0 Å². The molecule has 3 N–H and O–H groups in total. The molecule has 1 aliphatic carbocycles. The van der Waals surface area contributed by atoms with Crippen molar-refractivity contribution in [3.8, 4) is 16.5 Å². The largest absolute Gasteiger partial charge is 0.471 e. The molecule has 1 aromatic carbocycles. The van der Waals surface area contributed by atoms with Gasteiger partial charge < -0.3 is 25.2 Å². The molecule has 8 nitrogen and oxygen atoms in total. The molecular weight excluding hydrogens is 524 g/mol. The van der Waals surface area contributed by atoms with Crippen LogP contribution in [0.25, 0.3) is 10.6 Å². The van der Waals surface area contributed by atoms with Crippen LogP contribution in [0, 0.1) is 5.92 Å². The van der Waals surface area contributed by atoms with Crippen molar-refractivity contribution in [2.24, 2.45) is 5.92 Å². The van der Waals surface area contributed by atoms with Gasteiger partial charge in [0.1, 0.15) is 17.2 Å². The first kappa shape index (κ1) is 28.7. The smallest absolute Gasteiger partial charge is 0.246 e. The Morgan fingerprint density at radius 3 is 2.77 bits per heavy atom. The van der Waals surface area contributed by atoms with Gasteiger partial charge in [0.2, 0.25) is 11.8 Å². The number of aromatic nitrogens is 2. The standard InChI is InChI=1S/C31H40N4O4S/c1-20(2)12-22-14-24-26(16-31(8-5-9-31)39-29(24)34-17-22)33-18-27(36)25(35-28(37)19-38-3)15-21-6-4-7-23(13-21)30-32-10-11-40-30/h4,6-7,10-11,13-14,17,20,25-27,33,36H,5,8-9,12,15-16,18-19H2,1-3H3,(H,35,37)/t25?,26-,27+/m0/s1. The van der Waals surface area contributed by atoms with Crippen LogP contribution in [0.2, 0.25) is 0 Å². The minimum atomic E-state index is -0.820. The van der Waals surface area contributed by atoms with Crippen LogP contribution in [-0.4, -0.2) is 59.0 Å². The van der Waals surface area contributed by atoms with Crippen molar-refractivity contribution >= 4 is 17.2 Å². The fourth-order valence-electron chi connectivity index (χ4n) is 5.74. The molecule has 40 heavy (non-hydrogen) atoms. The van der Waals surface area contributed by atoms with E-state index < -0.39 is 12.1 Å². The van der Waals surface area contributed by atoms with E-state index in [0.717, 1.165) is 53.8 Å². The molecule has 0 saturated heterocycles. The lowest BCUT2D eigenvalue weighted by molar-refractivity contribution is -0.126. The maximum atomic E-state index is 12.5. The van der Waals surface area contributed by atoms with E-state index in [0.29, 0.717) is 24.8 Å². The van der Waals surface area contributed by atoms with E-state index in [9.17, 15) is 9.90 Å². The van der Waals surface area contributed by atoms with Crippen LogP contribution in [0.5, 0.6) is 5.88 Å². The van der Waals surface area contributed by atoms with E-state index in [1.807, 2.05) is 29.8 Å². The maximum Gasteiger partial charge on any atom is 0.246 e. The summed E-state index contributed by atoms with van der Waals surface area (Å²) in [5, 5.41) is 20.9. The normalized spacial score (nSPS) is 19.0. The minimum absolute atomic E-state index is 0.0156. The van der Waals surface area contributed by atoms with E-state index in [1.54, 1.807) is 17.5 Å². The second-order valence-corrected chi connectivity index (χ2v) is 12.5. The molecule has 9 heteroatoms. The number of benzene rings is 1. The number of aliphatic hydroxyl groups is 1. The van der Waals surface area contributed by atoms with Gasteiger partial charge in [0, 0.05) is 55.0 Å². The first-order valence-electron chi connectivity index (χ1n) is 14.2. The number of rotatable bonds is 12. The molecule has 0 bridgehead atoms. The number of thiazole rings is 1. The molecule has 3 heterocycles. The highest BCUT2D eigenvalue weighted by Gasteiger charge is 2.46. The molecule has 5 rings (SSSR count). The topological polar surface area (TPSA) is 106 Å². The number of carbonyl (C=O) groups is 1. The summed E-state index contributed by atoms with van der Waals surface area (Å²) in [6, 6.07) is 9.84. The zero-order chi connectivity index (χ0) is 28.1. The van der Waals surface area contributed by atoms with Crippen LogP contribution < -0.4 is 15.4 Å². The Bertz CT molecular complexity index is 1280. The monoisotopic (exact) mass is 564 g/mol. The quantitative estimate of drug-likeness (QED) is 0.298. The van der Waals surface area contributed by atoms with Gasteiger partial charge in [-0.1, -0.05) is 32.0 Å². The molecule has 1 aliphatic heterocycles. The summed E-state index contributed by atoms with van der Waals surface area (Å²) in [5.74, 6) is 0.977. The van der Waals surface area contributed by atoms with E-state index in [4.69, 9.17) is 14.5 Å². The number of hydrogen-bond donors (Lipinski definition) is 3. The van der Waals surface area contributed by atoms with Crippen LogP contribution >= 0.6 is 11.3 Å². The Hall–Kier alpha value is -2.85. The summed E-state index contributed by atoms with van der Waals surface area (Å²) in [7, 11) is 1.49. The Morgan fingerprint density at radius 1 is 1.23 bits per heavy atom. The Labute approximate surface area is 240 Å². The fourth-order valence-corrected chi connectivity index (χ4v) is 6.38. The van der Waals surface area contributed by atoms with Gasteiger partial charge in [0.25, 0.3) is 0 Å². The molecule has 2 aromatic heterocycles. The molecule has 3 aromatic rings. The molecule has 1 amide bonds. The molecule has 1 fully saturated rings. The number of carbonyl (C=O) groups excluding carboxylic acids is 1. The number of ether oxygens (including phenoxy) is 2. The second-order valence-electron chi connectivity index (χ2n) is 11.6. The average Bonchev–Trinajstić information content (AvgIpc) is 3.45. The molecule has 1 unspecified atom stereocenters. The molecule has 1 saturated carbocycles. The lowest BCUT2D eigenvalue weighted by Crippen LogP contribution is -2.52. The highest BCUT2D eigenvalue weighted by molar-refractivity contribution is 7.13. The molecular formula is C31H40N4O4S. The number of fused-ring (bicyclic) bond motifs is 1. The van der Waals surface area contributed by atoms with Crippen LogP contribution in [0.1, 0.15) is 62.3 Å². The Balaban J connectivity index is 1.32. The Kier molecular flexibility index (Phi) is 9.15. The molecule has 0 radical (unpaired) electrons. The Morgan fingerprint density at radius 2 is 2.08 bits per heavy atom. The van der Waals surface area contributed by atoms with E-state index in [1.165, 1.54) is 12.7 Å². The predicted molar refractivity (Wildman–Crippen MR) is 156 cm³/mol. The van der Waals surface area contributed by atoms with E-state index in [-0.39, 0.29) is 24.2 Å². The summed E-state index contributed by atoms with van der Waals surface area (Å²) in [6.45, 7) is 4.67. The van der Waals surface area contributed by atoms with E-state index in [2.05, 4.69) is 41.6 Å². The van der Waals surface area contributed by atoms with Crippen molar-refractivity contribution in [3.63, 3.8) is 0 Å². The summed E-state index contributed by atoms with van der Waals surface area (Å²) < 4.78 is 11.5. The van der Waals surface area contributed by atoms with Gasteiger partial charge in [-0.3, -0.25) is 4.79 Å². The van der Waals surface area contributed by atoms with Crippen molar-refractivity contribution in [2.45, 2.75) is 76.2 Å². The summed E-state index contributed by atoms with van der Waals surface area (Å²) >= 11 is 1.58. The zero-order valence-corrected chi connectivity index (χ0v) is 24.4. The number of nitrogens with one attached hydrogen (secondary N) is 2. The summed E-state index contributed by atoms with van der Waals surface area (Å²) in [4.78, 5) is 21.7. The van der Waals surface area contributed by atoms with Gasteiger partial charge in [0.05, 0.1) is 12.1 Å². The number of aliphatic hydroxyl groups excluding tert-OH is 1. The molecule has 1 spiro atoms. The van der Waals surface area contributed by atoms with Crippen LogP contribution in [0.4, 0.5) is 0 Å². The average molecular weight is 565 g/mol. The van der Waals surface area contributed by atoms with Crippen molar-refractivity contribution in [1.29, 1.82) is 0 Å². The van der Waals surface area contributed by atoms with Gasteiger partial charge >= 0.3 is 0 Å².